The van der Waals surface area contributed by atoms with Gasteiger partial charge in [0.2, 0.25) is 5.13 Å². The molecule has 19 heavy (non-hydrogen) atoms. The van der Waals surface area contributed by atoms with Gasteiger partial charge in [-0.3, -0.25) is 0 Å². The summed E-state index contributed by atoms with van der Waals surface area (Å²) in [5, 5.41) is 25.9. The zero-order valence-corrected chi connectivity index (χ0v) is 10.9. The van der Waals surface area contributed by atoms with Crippen LogP contribution in [0, 0.1) is 36.5 Å². The number of nitrogens with one attached hydrogen (secondary N) is 1. The lowest BCUT2D eigenvalue weighted by Gasteiger charge is -1.90. The molecule has 2 aromatic rings. The second-order valence-electron chi connectivity index (χ2n) is 3.57. The molecular formula is C10H8N8S. The molecule has 0 aliphatic rings. The van der Waals surface area contributed by atoms with Crippen molar-refractivity contribution < 1.29 is 0 Å². The van der Waals surface area contributed by atoms with Crippen LogP contribution in [-0.4, -0.2) is 19.3 Å². The van der Waals surface area contributed by atoms with Gasteiger partial charge in [-0.05, 0) is 13.8 Å². The van der Waals surface area contributed by atoms with Crippen LogP contribution in [0.15, 0.2) is 10.2 Å². The summed E-state index contributed by atoms with van der Waals surface area (Å²) < 4.78 is 3.98. The Morgan fingerprint density at radius 3 is 2.53 bits per heavy atom. The number of hydrogen-bond acceptors (Lipinski definition) is 8. The molecule has 9 heteroatoms. The molecule has 0 fully saturated rings. The second kappa shape index (κ2) is 5.33. The van der Waals surface area contributed by atoms with Gasteiger partial charge in [-0.2, -0.15) is 14.9 Å². The van der Waals surface area contributed by atoms with Gasteiger partial charge in [-0.25, -0.2) is 9.97 Å². The first-order chi connectivity index (χ1) is 9.13. The number of imidazole rings is 1. The van der Waals surface area contributed by atoms with E-state index in [9.17, 15) is 0 Å². The van der Waals surface area contributed by atoms with Crippen LogP contribution in [0.1, 0.15) is 23.3 Å². The minimum absolute atomic E-state index is 0.268. The zero-order chi connectivity index (χ0) is 13.8. The van der Waals surface area contributed by atoms with Crippen LogP contribution < -0.4 is 0 Å². The molecule has 0 unspecified atom stereocenters. The average Bonchev–Trinajstić information content (AvgIpc) is 2.95. The molecule has 0 aliphatic carbocycles. The molecule has 2 aromatic heterocycles. The van der Waals surface area contributed by atoms with Crippen molar-refractivity contribution in [1.82, 2.24) is 19.3 Å². The van der Waals surface area contributed by atoms with Crippen LogP contribution in [0.25, 0.3) is 0 Å². The number of nitriles is 2. The van der Waals surface area contributed by atoms with Crippen molar-refractivity contribution in [1.29, 1.82) is 10.5 Å². The summed E-state index contributed by atoms with van der Waals surface area (Å²) in [6, 6.07) is 3.68. The van der Waals surface area contributed by atoms with Crippen molar-refractivity contribution in [3.63, 3.8) is 0 Å². The Labute approximate surface area is 112 Å². The van der Waals surface area contributed by atoms with Gasteiger partial charge < -0.3 is 4.98 Å². The van der Waals surface area contributed by atoms with E-state index in [1.807, 2.05) is 12.1 Å². The topological polar surface area (TPSA) is 127 Å². The number of aromatic amines is 1. The summed E-state index contributed by atoms with van der Waals surface area (Å²) in [7, 11) is 0. The van der Waals surface area contributed by atoms with Crippen molar-refractivity contribution in [2.45, 2.75) is 19.8 Å². The Kier molecular flexibility index (Phi) is 3.59. The van der Waals surface area contributed by atoms with Gasteiger partial charge >= 0.3 is 0 Å². The number of rotatable bonds is 3. The molecule has 2 rings (SSSR count). The molecule has 2 heterocycles. The van der Waals surface area contributed by atoms with Crippen molar-refractivity contribution in [2.75, 3.05) is 0 Å². The summed E-state index contributed by atoms with van der Waals surface area (Å²) in [6.07, 6.45) is 0. The molecule has 0 saturated carbocycles. The van der Waals surface area contributed by atoms with Crippen molar-refractivity contribution in [3.8, 4) is 12.1 Å². The predicted molar refractivity (Wildman–Crippen MR) is 66.1 cm³/mol. The first-order valence-corrected chi connectivity index (χ1v) is 5.99. The number of azo groups is 1. The fourth-order valence-electron chi connectivity index (χ4n) is 1.28. The maximum atomic E-state index is 8.79. The molecule has 8 nitrogen and oxygen atoms in total. The molecule has 0 aromatic carbocycles. The van der Waals surface area contributed by atoms with Crippen LogP contribution in [-0.2, 0) is 0 Å². The van der Waals surface area contributed by atoms with Crippen LogP contribution >= 0.6 is 11.5 Å². The molecule has 0 bridgehead atoms. The molecule has 94 valence electrons. The highest BCUT2D eigenvalue weighted by Crippen LogP contribution is 2.23. The van der Waals surface area contributed by atoms with Crippen molar-refractivity contribution >= 4 is 22.5 Å². The predicted octanol–water partition coefficient (Wildman–Crippen LogP) is 2.42. The number of aryl methyl sites for hydroxylation is 2. The lowest BCUT2D eigenvalue weighted by atomic mass is 10.2. The van der Waals surface area contributed by atoms with E-state index >= 15 is 0 Å². The van der Waals surface area contributed by atoms with E-state index in [1.54, 1.807) is 13.8 Å². The van der Waals surface area contributed by atoms with E-state index in [0.717, 1.165) is 11.5 Å². The first kappa shape index (κ1) is 12.8. The van der Waals surface area contributed by atoms with Gasteiger partial charge in [0.25, 0.3) is 0 Å². The Morgan fingerprint density at radius 1 is 1.21 bits per heavy atom. The van der Waals surface area contributed by atoms with Gasteiger partial charge in [0.15, 0.2) is 11.7 Å². The largest absolute Gasteiger partial charge is 0.323 e. The fraction of sp³-hybridized carbons (Fsp3) is 0.300. The normalized spacial score (nSPS) is 10.8. The lowest BCUT2D eigenvalue weighted by molar-refractivity contribution is 0.961. The molecule has 1 N–H and O–H groups in total. The van der Waals surface area contributed by atoms with Crippen molar-refractivity contribution in [3.05, 3.63) is 17.3 Å². The van der Waals surface area contributed by atoms with Crippen LogP contribution in [0.5, 0.6) is 0 Å². The van der Waals surface area contributed by atoms with E-state index in [-0.39, 0.29) is 5.82 Å². The highest BCUT2D eigenvalue weighted by Gasteiger charge is 2.15. The van der Waals surface area contributed by atoms with Crippen molar-refractivity contribution in [2.24, 2.45) is 10.2 Å². The zero-order valence-electron chi connectivity index (χ0n) is 10.1. The van der Waals surface area contributed by atoms with Gasteiger partial charge in [0, 0.05) is 11.5 Å². The smallest absolute Gasteiger partial charge is 0.249 e. The summed E-state index contributed by atoms with van der Waals surface area (Å²) >= 11 is 1.14. The third kappa shape index (κ3) is 2.78. The van der Waals surface area contributed by atoms with Crippen LogP contribution in [0.4, 0.5) is 10.9 Å². The van der Waals surface area contributed by atoms with Gasteiger partial charge in [0.1, 0.15) is 11.6 Å². The standard InChI is InChI=1S/C10H8N8S/c1-5-8(15-9(13-5)7(3-11)4-12)16-17-10-14-6(2)18-19-10/h7H,1-2H3,(H,13,15)/b17-16+. The maximum Gasteiger partial charge on any atom is 0.249 e. The SMILES string of the molecule is Cc1nsc(/N=N/c2[nH]c(C(C#N)C#N)nc2C)n1. The molecule has 0 radical (unpaired) electrons. The average molecular weight is 272 g/mol. The fourth-order valence-corrected chi connectivity index (χ4v) is 1.78. The number of H-pyrrole nitrogens is 1. The van der Waals surface area contributed by atoms with Crippen LogP contribution in [0.3, 0.4) is 0 Å². The summed E-state index contributed by atoms with van der Waals surface area (Å²) in [4.78, 5) is 10.9. The highest BCUT2D eigenvalue weighted by atomic mass is 32.1. The van der Waals surface area contributed by atoms with E-state index in [0.29, 0.717) is 22.5 Å². The Hall–Kier alpha value is -2.65. The van der Waals surface area contributed by atoms with Gasteiger partial charge in [-0.1, -0.05) is 0 Å². The molecule has 0 saturated heterocycles. The summed E-state index contributed by atoms with van der Waals surface area (Å²) in [5.41, 5.74) is 0.565. The van der Waals surface area contributed by atoms with E-state index < -0.39 is 5.92 Å². The van der Waals surface area contributed by atoms with Crippen LogP contribution in [0.2, 0.25) is 0 Å². The summed E-state index contributed by atoms with van der Waals surface area (Å²) in [6.45, 7) is 3.48. The van der Waals surface area contributed by atoms with Gasteiger partial charge in [0.05, 0.1) is 17.8 Å². The molecular weight excluding hydrogens is 264 g/mol. The number of aromatic nitrogens is 4. The Morgan fingerprint density at radius 2 is 1.95 bits per heavy atom. The minimum atomic E-state index is -0.938. The molecule has 0 amide bonds. The lowest BCUT2D eigenvalue weighted by Crippen LogP contribution is -1.94. The second-order valence-corrected chi connectivity index (χ2v) is 4.30. The van der Waals surface area contributed by atoms with E-state index in [4.69, 9.17) is 10.5 Å². The number of hydrogen-bond donors (Lipinski definition) is 1. The third-order valence-electron chi connectivity index (χ3n) is 2.16. The quantitative estimate of drug-likeness (QED) is 0.858. The van der Waals surface area contributed by atoms with Gasteiger partial charge in [-0.15, -0.1) is 10.2 Å². The monoisotopic (exact) mass is 272 g/mol. The first-order valence-electron chi connectivity index (χ1n) is 5.22. The number of nitrogens with zero attached hydrogens (tertiary/aromatic N) is 7. The van der Waals surface area contributed by atoms with E-state index in [1.165, 1.54) is 0 Å². The van der Waals surface area contributed by atoms with E-state index in [2.05, 4.69) is 29.6 Å². The Bertz CT molecular complexity index is 684. The molecule has 0 spiro atoms. The third-order valence-corrected chi connectivity index (χ3v) is 2.85. The minimum Gasteiger partial charge on any atom is -0.323 e. The summed E-state index contributed by atoms with van der Waals surface area (Å²) in [5.74, 6) is 0.365. The molecule has 0 atom stereocenters. The Balaban J connectivity index is 2.25. The highest BCUT2D eigenvalue weighted by molar-refractivity contribution is 7.09. The maximum absolute atomic E-state index is 8.79. The molecule has 0 aliphatic heterocycles.